The van der Waals surface area contributed by atoms with Gasteiger partial charge < -0.3 is 4.42 Å². The van der Waals surface area contributed by atoms with Gasteiger partial charge in [-0.25, -0.2) is 4.98 Å². The molecule has 13 aromatic rings. The summed E-state index contributed by atoms with van der Waals surface area (Å²) in [7, 11) is 0. The number of aromatic nitrogens is 4. The van der Waals surface area contributed by atoms with Gasteiger partial charge >= 0.3 is 0 Å². The summed E-state index contributed by atoms with van der Waals surface area (Å²) in [6.45, 7) is 0. The van der Waals surface area contributed by atoms with Crippen molar-refractivity contribution in [3.8, 4) is 51.0 Å². The van der Waals surface area contributed by atoms with Crippen LogP contribution in [0, 0.1) is 0 Å². The molecular formula is C57H34N4O. The zero-order valence-electron chi connectivity index (χ0n) is 33.3. The molecule has 0 radical (unpaired) electrons. The minimum Gasteiger partial charge on any atom is -0.456 e. The van der Waals surface area contributed by atoms with E-state index in [1.54, 1.807) is 0 Å². The first-order valence-corrected chi connectivity index (χ1v) is 20.9. The lowest BCUT2D eigenvalue weighted by Crippen LogP contribution is -2.06. The molecule has 0 unspecified atom stereocenters. The van der Waals surface area contributed by atoms with Crippen molar-refractivity contribution < 1.29 is 4.42 Å². The van der Waals surface area contributed by atoms with Crippen molar-refractivity contribution in [1.82, 2.24) is 19.5 Å². The predicted molar refractivity (Wildman–Crippen MR) is 256 cm³/mol. The molecule has 0 bridgehead atoms. The summed E-state index contributed by atoms with van der Waals surface area (Å²) in [4.78, 5) is 16.1. The molecule has 13 rings (SSSR count). The van der Waals surface area contributed by atoms with Crippen LogP contribution in [0.4, 0.5) is 0 Å². The summed E-state index contributed by atoms with van der Waals surface area (Å²) < 4.78 is 8.65. The molecule has 62 heavy (non-hydrogen) atoms. The first-order valence-electron chi connectivity index (χ1n) is 20.9. The van der Waals surface area contributed by atoms with Crippen LogP contribution in [0.3, 0.4) is 0 Å². The largest absolute Gasteiger partial charge is 0.456 e. The zero-order chi connectivity index (χ0) is 40.7. The number of furan rings is 1. The van der Waals surface area contributed by atoms with Gasteiger partial charge in [-0.1, -0.05) is 152 Å². The highest BCUT2D eigenvalue weighted by Crippen LogP contribution is 2.41. The molecule has 3 aromatic heterocycles. The Morgan fingerprint density at radius 2 is 0.806 bits per heavy atom. The Hall–Kier alpha value is -8.41. The fourth-order valence-electron chi connectivity index (χ4n) is 9.43. The average Bonchev–Trinajstić information content (AvgIpc) is 3.88. The third kappa shape index (κ3) is 5.45. The minimum atomic E-state index is 0.551. The van der Waals surface area contributed by atoms with E-state index in [4.69, 9.17) is 19.4 Å². The maximum Gasteiger partial charge on any atom is 0.238 e. The summed E-state index contributed by atoms with van der Waals surface area (Å²) in [6.07, 6.45) is 0. The Balaban J connectivity index is 1.06. The molecule has 0 atom stereocenters. The van der Waals surface area contributed by atoms with E-state index >= 15 is 0 Å². The van der Waals surface area contributed by atoms with Crippen molar-refractivity contribution in [3.63, 3.8) is 0 Å². The molecule has 0 saturated heterocycles. The minimum absolute atomic E-state index is 0.551. The SMILES string of the molecule is c1ccc(-c2cccc(-c3cccc(-c4nc(-c5ccc6oc7cc8ccccc8cc7c6c5)nc(-n5c6ccc7ccccc7c6c6c7ccccc7ccc65)n4)c3)c2)cc1. The summed E-state index contributed by atoms with van der Waals surface area (Å²) in [5, 5.41) is 11.5. The molecular weight excluding hydrogens is 757 g/mol. The molecule has 0 fully saturated rings. The molecule has 5 heteroatoms. The van der Waals surface area contributed by atoms with Crippen LogP contribution in [0.5, 0.6) is 0 Å². The summed E-state index contributed by atoms with van der Waals surface area (Å²) in [5.74, 6) is 1.72. The van der Waals surface area contributed by atoms with Gasteiger partial charge in [-0.15, -0.1) is 0 Å². The molecule has 0 N–H and O–H groups in total. The number of nitrogens with zero attached hydrogens (tertiary/aromatic N) is 4. The maximum absolute atomic E-state index is 6.43. The lowest BCUT2D eigenvalue weighted by atomic mass is 9.98. The van der Waals surface area contributed by atoms with Gasteiger partial charge in [-0.05, 0) is 109 Å². The summed E-state index contributed by atoms with van der Waals surface area (Å²) in [5.41, 5.74) is 10.1. The first kappa shape index (κ1) is 34.5. The lowest BCUT2D eigenvalue weighted by Gasteiger charge is -2.12. The number of hydrogen-bond donors (Lipinski definition) is 0. The lowest BCUT2D eigenvalue weighted by molar-refractivity contribution is 0.669. The molecule has 0 aliphatic heterocycles. The topological polar surface area (TPSA) is 56.7 Å². The van der Waals surface area contributed by atoms with Gasteiger partial charge in [0.25, 0.3) is 0 Å². The highest BCUT2D eigenvalue weighted by molar-refractivity contribution is 6.28. The van der Waals surface area contributed by atoms with E-state index in [0.29, 0.717) is 17.6 Å². The third-order valence-electron chi connectivity index (χ3n) is 12.4. The van der Waals surface area contributed by atoms with E-state index in [0.717, 1.165) is 60.6 Å². The highest BCUT2D eigenvalue weighted by atomic mass is 16.3. The number of rotatable bonds is 5. The van der Waals surface area contributed by atoms with Crippen molar-refractivity contribution in [2.45, 2.75) is 0 Å². The Morgan fingerprint density at radius 1 is 0.306 bits per heavy atom. The molecule has 0 spiro atoms. The third-order valence-corrected chi connectivity index (χ3v) is 12.4. The number of benzene rings is 10. The summed E-state index contributed by atoms with van der Waals surface area (Å²) >= 11 is 0. The van der Waals surface area contributed by atoms with Crippen molar-refractivity contribution in [2.75, 3.05) is 0 Å². The van der Waals surface area contributed by atoms with E-state index in [9.17, 15) is 0 Å². The highest BCUT2D eigenvalue weighted by Gasteiger charge is 2.22. The van der Waals surface area contributed by atoms with E-state index < -0.39 is 0 Å². The van der Waals surface area contributed by atoms with Crippen molar-refractivity contribution in [2.24, 2.45) is 0 Å². The van der Waals surface area contributed by atoms with E-state index in [-0.39, 0.29) is 0 Å². The van der Waals surface area contributed by atoms with Crippen molar-refractivity contribution in [1.29, 1.82) is 0 Å². The van der Waals surface area contributed by atoms with Gasteiger partial charge in [0.2, 0.25) is 5.95 Å². The van der Waals surface area contributed by atoms with Crippen LogP contribution in [-0.2, 0) is 0 Å². The zero-order valence-corrected chi connectivity index (χ0v) is 33.3. The molecule has 0 aliphatic carbocycles. The van der Waals surface area contributed by atoms with Gasteiger partial charge in [0.05, 0.1) is 11.0 Å². The average molecular weight is 791 g/mol. The predicted octanol–water partition coefficient (Wildman–Crippen LogP) is 15.0. The normalized spacial score (nSPS) is 11.9. The molecule has 0 aliphatic rings. The van der Waals surface area contributed by atoms with Gasteiger partial charge in [0.15, 0.2) is 11.6 Å². The fraction of sp³-hybridized carbons (Fsp3) is 0. The van der Waals surface area contributed by atoms with Crippen LogP contribution in [0.2, 0.25) is 0 Å². The molecule has 5 nitrogen and oxygen atoms in total. The second kappa shape index (κ2) is 13.6. The van der Waals surface area contributed by atoms with Crippen molar-refractivity contribution in [3.05, 3.63) is 206 Å². The second-order valence-electron chi connectivity index (χ2n) is 16.0. The Kier molecular flexibility index (Phi) is 7.54. The molecule has 0 amide bonds. The molecule has 3 heterocycles. The van der Waals surface area contributed by atoms with Crippen LogP contribution in [0.1, 0.15) is 0 Å². The fourth-order valence-corrected chi connectivity index (χ4v) is 9.43. The molecule has 10 aromatic carbocycles. The van der Waals surface area contributed by atoms with Gasteiger partial charge in [-0.3, -0.25) is 4.57 Å². The van der Waals surface area contributed by atoms with E-state index in [1.165, 1.54) is 48.8 Å². The van der Waals surface area contributed by atoms with Crippen LogP contribution >= 0.6 is 0 Å². The van der Waals surface area contributed by atoms with Crippen LogP contribution in [0.15, 0.2) is 211 Å². The van der Waals surface area contributed by atoms with Gasteiger partial charge in [-0.2, -0.15) is 9.97 Å². The Morgan fingerprint density at radius 3 is 1.47 bits per heavy atom. The number of hydrogen-bond acceptors (Lipinski definition) is 4. The molecule has 288 valence electrons. The smallest absolute Gasteiger partial charge is 0.238 e. The monoisotopic (exact) mass is 790 g/mol. The summed E-state index contributed by atoms with van der Waals surface area (Å²) in [6, 6.07) is 72.8. The Labute approximate surface area is 355 Å². The second-order valence-corrected chi connectivity index (χ2v) is 16.0. The molecule has 0 saturated carbocycles. The Bertz CT molecular complexity index is 3840. The van der Waals surface area contributed by atoms with E-state index in [1.807, 2.05) is 6.07 Å². The number of fused-ring (bicyclic) bond motifs is 11. The van der Waals surface area contributed by atoms with Crippen LogP contribution in [-0.4, -0.2) is 19.5 Å². The van der Waals surface area contributed by atoms with Crippen molar-refractivity contribution >= 4 is 76.1 Å². The first-order chi connectivity index (χ1) is 30.7. The maximum atomic E-state index is 6.43. The quantitative estimate of drug-likeness (QED) is 0.174. The standard InChI is InChI=1S/C57H34N4O/c1-2-12-35(13-3-1)38-18-10-19-39(30-38)40-20-11-21-43(31-40)55-58-56(44-26-29-51-47(33-44)48-32-41-16-4-5-17-42(41)34-52(48)62-51)60-57(59-55)61-49-27-24-36-14-6-8-22-45(36)53(49)54-46-23-9-7-15-37(46)25-28-50(54)61/h1-34H. The van der Waals surface area contributed by atoms with Gasteiger partial charge in [0, 0.05) is 32.7 Å². The van der Waals surface area contributed by atoms with E-state index in [2.05, 4.69) is 205 Å². The van der Waals surface area contributed by atoms with Crippen LogP contribution < -0.4 is 0 Å². The van der Waals surface area contributed by atoms with Crippen LogP contribution in [0.25, 0.3) is 127 Å². The van der Waals surface area contributed by atoms with Gasteiger partial charge in [0.1, 0.15) is 11.2 Å².